The van der Waals surface area contributed by atoms with E-state index in [9.17, 15) is 4.79 Å². The van der Waals surface area contributed by atoms with Crippen molar-refractivity contribution in [2.24, 2.45) is 5.10 Å². The maximum Gasteiger partial charge on any atom is 0.293 e. The van der Waals surface area contributed by atoms with Gasteiger partial charge in [-0.2, -0.15) is 9.78 Å². The lowest BCUT2D eigenvalue weighted by Crippen LogP contribution is -2.31. The Kier molecular flexibility index (Phi) is 6.27. The third-order valence-corrected chi connectivity index (χ3v) is 6.34. The minimum Gasteiger partial charge on any atom is -0.378 e. The minimum absolute atomic E-state index is 0.0475. The van der Waals surface area contributed by atoms with Crippen LogP contribution in [0.5, 0.6) is 0 Å². The van der Waals surface area contributed by atoms with Crippen molar-refractivity contribution in [1.29, 1.82) is 0 Å². The summed E-state index contributed by atoms with van der Waals surface area (Å²) in [6.07, 6.45) is 1.99. The van der Waals surface area contributed by atoms with Crippen molar-refractivity contribution in [3.8, 4) is 5.82 Å². The molecule has 0 spiro atoms. The molecule has 5 rings (SSSR count). The molecule has 1 aliphatic heterocycles. The number of nitrogens with zero attached hydrogens (tertiary/aromatic N) is 7. The molecule has 1 aliphatic rings. The third-order valence-electron chi connectivity index (χ3n) is 5.81. The van der Waals surface area contributed by atoms with Gasteiger partial charge in [0.2, 0.25) is 11.6 Å². The summed E-state index contributed by atoms with van der Waals surface area (Å²) < 4.78 is 7.10. The van der Waals surface area contributed by atoms with Crippen LogP contribution in [-0.2, 0) is 13.0 Å². The summed E-state index contributed by atoms with van der Waals surface area (Å²) in [7, 11) is 0. The predicted molar refractivity (Wildman–Crippen MR) is 133 cm³/mol. The van der Waals surface area contributed by atoms with E-state index in [-0.39, 0.29) is 17.3 Å². The van der Waals surface area contributed by atoms with Crippen molar-refractivity contribution in [1.82, 2.24) is 30.7 Å². The summed E-state index contributed by atoms with van der Waals surface area (Å²) in [6, 6.07) is 15.8. The number of carbonyl (C=O) groups is 1. The largest absolute Gasteiger partial charge is 0.378 e. The molecule has 0 bridgehead atoms. The van der Waals surface area contributed by atoms with E-state index in [4.69, 9.17) is 10.4 Å². The Hall–Kier alpha value is -4.06. The number of fused-ring (bicyclic) bond motifs is 1. The predicted octanol–water partition coefficient (Wildman–Crippen LogP) is 3.10. The van der Waals surface area contributed by atoms with Gasteiger partial charge in [-0.25, -0.2) is 10.1 Å². The van der Waals surface area contributed by atoms with Gasteiger partial charge >= 0.3 is 0 Å². The van der Waals surface area contributed by atoms with E-state index in [1.165, 1.54) is 10.2 Å². The maximum absolute atomic E-state index is 13.2. The number of nitrogens with two attached hydrogens (primary N) is 1. The second-order valence-corrected chi connectivity index (χ2v) is 8.98. The normalized spacial score (nSPS) is 13.5. The van der Waals surface area contributed by atoms with Crippen LogP contribution in [0.3, 0.4) is 0 Å². The van der Waals surface area contributed by atoms with Gasteiger partial charge in [-0.05, 0) is 59.4 Å². The molecule has 12 heteroatoms. The van der Waals surface area contributed by atoms with Crippen LogP contribution < -0.4 is 16.1 Å². The molecule has 3 N–H and O–H groups in total. The maximum atomic E-state index is 13.2. The Labute approximate surface area is 209 Å². The fourth-order valence-corrected chi connectivity index (χ4v) is 4.29. The monoisotopic (exact) mass is 535 g/mol. The molecule has 0 radical (unpaired) electrons. The molecule has 3 heterocycles. The number of nitrogen functional groups attached to an aromatic ring is 1. The molecule has 0 saturated carbocycles. The highest BCUT2D eigenvalue weighted by Crippen LogP contribution is 2.29. The number of hydrogen-bond acceptors (Lipinski definition) is 9. The molecule has 0 atom stereocenters. The number of aromatic nitrogens is 5. The summed E-state index contributed by atoms with van der Waals surface area (Å²) in [5.41, 5.74) is 13.0. The highest BCUT2D eigenvalue weighted by molar-refractivity contribution is 9.10. The summed E-state index contributed by atoms with van der Waals surface area (Å²) in [5, 5.41) is 20.0. The Bertz CT molecular complexity index is 1390. The average molecular weight is 536 g/mol. The third kappa shape index (κ3) is 4.64. The highest BCUT2D eigenvalue weighted by atomic mass is 79.9. The van der Waals surface area contributed by atoms with E-state index in [1.54, 1.807) is 0 Å². The Morgan fingerprint density at radius 3 is 2.77 bits per heavy atom. The minimum atomic E-state index is -0.497. The number of nitrogens with one attached hydrogen (secondary N) is 1. The molecule has 178 valence electrons. The Morgan fingerprint density at radius 2 is 2.00 bits per heavy atom. The van der Waals surface area contributed by atoms with Crippen LogP contribution in [0, 0.1) is 0 Å². The van der Waals surface area contributed by atoms with Crippen molar-refractivity contribution >= 4 is 39.1 Å². The van der Waals surface area contributed by atoms with Crippen LogP contribution in [0.15, 0.2) is 62.7 Å². The van der Waals surface area contributed by atoms with Gasteiger partial charge < -0.3 is 10.6 Å². The number of benzene rings is 2. The van der Waals surface area contributed by atoms with Gasteiger partial charge in [0.1, 0.15) is 0 Å². The van der Waals surface area contributed by atoms with Crippen LogP contribution in [0.2, 0.25) is 0 Å². The first-order valence-corrected chi connectivity index (χ1v) is 11.8. The van der Waals surface area contributed by atoms with Crippen LogP contribution in [0.25, 0.3) is 5.82 Å². The van der Waals surface area contributed by atoms with Gasteiger partial charge in [0.05, 0.1) is 18.0 Å². The second-order valence-electron chi connectivity index (χ2n) is 8.07. The first-order chi connectivity index (χ1) is 17.0. The van der Waals surface area contributed by atoms with E-state index >= 15 is 0 Å². The molecule has 0 unspecified atom stereocenters. The molecule has 2 aromatic carbocycles. The highest BCUT2D eigenvalue weighted by Gasteiger charge is 2.27. The van der Waals surface area contributed by atoms with Crippen molar-refractivity contribution in [3.05, 3.63) is 75.5 Å². The van der Waals surface area contributed by atoms with Crippen LogP contribution in [0.1, 0.15) is 40.7 Å². The van der Waals surface area contributed by atoms with Gasteiger partial charge in [-0.1, -0.05) is 51.5 Å². The van der Waals surface area contributed by atoms with Gasteiger partial charge in [-0.15, -0.1) is 5.10 Å². The number of halogens is 1. The molecular weight excluding hydrogens is 514 g/mol. The number of rotatable bonds is 6. The zero-order chi connectivity index (χ0) is 24.4. The molecule has 0 fully saturated rings. The number of amides is 1. The van der Waals surface area contributed by atoms with Gasteiger partial charge in [0, 0.05) is 16.7 Å². The zero-order valence-corrected chi connectivity index (χ0v) is 20.4. The van der Waals surface area contributed by atoms with Gasteiger partial charge in [0.25, 0.3) is 5.91 Å². The van der Waals surface area contributed by atoms with Crippen LogP contribution >= 0.6 is 15.9 Å². The second kappa shape index (κ2) is 9.66. The number of anilines is 2. The zero-order valence-electron chi connectivity index (χ0n) is 18.8. The number of hydrogen-bond donors (Lipinski definition) is 2. The van der Waals surface area contributed by atoms with Crippen LogP contribution in [-0.4, -0.2) is 43.5 Å². The molecule has 4 aromatic rings. The quantitative estimate of drug-likeness (QED) is 0.283. The van der Waals surface area contributed by atoms with Crippen molar-refractivity contribution in [2.75, 3.05) is 17.2 Å². The Morgan fingerprint density at radius 1 is 1.20 bits per heavy atom. The number of hydrazone groups is 1. The van der Waals surface area contributed by atoms with Crippen molar-refractivity contribution < 1.29 is 9.42 Å². The van der Waals surface area contributed by atoms with Crippen LogP contribution in [0.4, 0.5) is 11.5 Å². The molecular formula is C23H22BrN9O2. The average Bonchev–Trinajstić information content (AvgIpc) is 3.48. The van der Waals surface area contributed by atoms with Crippen molar-refractivity contribution in [3.63, 3.8) is 0 Å². The fraction of sp³-hybridized carbons (Fsp3) is 0.217. The summed E-state index contributed by atoms with van der Waals surface area (Å²) in [4.78, 5) is 15.3. The first-order valence-electron chi connectivity index (χ1n) is 11.0. The standard InChI is InChI=1S/C23H22BrN9O2/c1-14(15-8-10-17(24)11-9-15)26-28-23(34)20-19(33(31-27-20)22-21(25)29-35-30-22)13-32-12-4-6-16-5-2-3-7-18(16)32/h2-3,5,7-11H,4,6,12-13H2,1H3,(H2,25,29)(H,28,34). The van der Waals surface area contributed by atoms with E-state index in [2.05, 4.69) is 64.1 Å². The molecule has 11 nitrogen and oxygen atoms in total. The summed E-state index contributed by atoms with van der Waals surface area (Å²) in [6.45, 7) is 2.98. The van der Waals surface area contributed by atoms with E-state index in [0.717, 1.165) is 35.1 Å². The van der Waals surface area contributed by atoms with Gasteiger partial charge in [0.15, 0.2) is 5.69 Å². The molecule has 2 aromatic heterocycles. The lowest BCUT2D eigenvalue weighted by atomic mass is 10.0. The fourth-order valence-electron chi connectivity index (χ4n) is 4.03. The molecule has 1 amide bonds. The SMILES string of the molecule is CC(=NNC(=O)c1nnn(-c2nonc2N)c1CN1CCCc2ccccc21)c1ccc(Br)cc1. The van der Waals surface area contributed by atoms with Crippen molar-refractivity contribution in [2.45, 2.75) is 26.3 Å². The first kappa shape index (κ1) is 22.7. The molecule has 0 saturated heterocycles. The molecule has 35 heavy (non-hydrogen) atoms. The summed E-state index contributed by atoms with van der Waals surface area (Å²) in [5.74, 6) is -0.277. The van der Waals surface area contributed by atoms with Gasteiger partial charge in [-0.3, -0.25) is 4.79 Å². The topological polar surface area (TPSA) is 140 Å². The van der Waals surface area contributed by atoms with E-state index in [1.807, 2.05) is 43.3 Å². The lowest BCUT2D eigenvalue weighted by molar-refractivity contribution is 0.0948. The smallest absolute Gasteiger partial charge is 0.293 e. The lowest BCUT2D eigenvalue weighted by Gasteiger charge is -2.31. The van der Waals surface area contributed by atoms with E-state index in [0.29, 0.717) is 18.0 Å². The molecule has 0 aliphatic carbocycles. The number of carbonyl (C=O) groups excluding carboxylic acids is 1. The van der Waals surface area contributed by atoms with E-state index < -0.39 is 5.91 Å². The number of aryl methyl sites for hydroxylation is 1. The summed E-state index contributed by atoms with van der Waals surface area (Å²) >= 11 is 3.41. The Balaban J connectivity index is 1.47. The number of para-hydroxylation sites is 1.